The molecule has 10 heteroatoms. The smallest absolute Gasteiger partial charge is 0.262 e. The van der Waals surface area contributed by atoms with Crippen molar-refractivity contribution >= 4 is 15.7 Å². The maximum absolute atomic E-state index is 14.7. The lowest BCUT2D eigenvalue weighted by Crippen LogP contribution is -2.17. The van der Waals surface area contributed by atoms with Crippen molar-refractivity contribution in [1.82, 2.24) is 14.8 Å². The first-order valence-electron chi connectivity index (χ1n) is 10.2. The van der Waals surface area contributed by atoms with Crippen molar-refractivity contribution < 1.29 is 22.3 Å². The van der Waals surface area contributed by atoms with Crippen LogP contribution in [0, 0.1) is 5.82 Å². The van der Waals surface area contributed by atoms with Gasteiger partial charge in [-0.3, -0.25) is 4.72 Å². The molecule has 1 aromatic heterocycles. The second kappa shape index (κ2) is 7.84. The summed E-state index contributed by atoms with van der Waals surface area (Å²) in [6.45, 7) is 1.49. The molecule has 162 valence electrons. The highest BCUT2D eigenvalue weighted by Gasteiger charge is 2.22. The van der Waals surface area contributed by atoms with Crippen molar-refractivity contribution in [2.45, 2.75) is 37.1 Å². The molecule has 0 saturated heterocycles. The van der Waals surface area contributed by atoms with Crippen LogP contribution in [0.1, 0.15) is 25.1 Å². The van der Waals surface area contributed by atoms with Crippen LogP contribution in [-0.4, -0.2) is 36.4 Å². The third-order valence-corrected chi connectivity index (χ3v) is 6.77. The molecule has 0 atom stereocenters. The third kappa shape index (κ3) is 3.83. The summed E-state index contributed by atoms with van der Waals surface area (Å²) in [7, 11) is -3.92. The number of nitrogens with one attached hydrogen (secondary N) is 1. The van der Waals surface area contributed by atoms with Gasteiger partial charge in [0.25, 0.3) is 10.0 Å². The van der Waals surface area contributed by atoms with E-state index in [2.05, 4.69) is 14.9 Å². The van der Waals surface area contributed by atoms with Crippen LogP contribution in [0.2, 0.25) is 0 Å². The summed E-state index contributed by atoms with van der Waals surface area (Å²) in [6.07, 6.45) is 3.87. The van der Waals surface area contributed by atoms with Crippen LogP contribution in [0.25, 0.3) is 11.4 Å². The summed E-state index contributed by atoms with van der Waals surface area (Å²) in [6, 6.07) is 8.49. The molecule has 5 rings (SSSR count). The van der Waals surface area contributed by atoms with Crippen LogP contribution < -0.4 is 14.2 Å². The van der Waals surface area contributed by atoms with Gasteiger partial charge in [-0.2, -0.15) is 0 Å². The number of aromatic nitrogens is 3. The van der Waals surface area contributed by atoms with Gasteiger partial charge in [0.2, 0.25) is 0 Å². The van der Waals surface area contributed by atoms with Crippen molar-refractivity contribution in [3.05, 3.63) is 48.0 Å². The van der Waals surface area contributed by atoms with Crippen LogP contribution in [0.15, 0.2) is 41.3 Å². The topological polar surface area (TPSA) is 95.3 Å². The minimum atomic E-state index is -3.92. The molecule has 0 bridgehead atoms. The number of hydrogen-bond acceptors (Lipinski definition) is 6. The number of halogens is 1. The Morgan fingerprint density at radius 3 is 2.68 bits per heavy atom. The zero-order valence-electron chi connectivity index (χ0n) is 16.7. The molecular weight excluding hydrogens is 423 g/mol. The summed E-state index contributed by atoms with van der Waals surface area (Å²) in [4.78, 5) is 0.0268. The molecule has 0 aliphatic carbocycles. The molecule has 0 unspecified atom stereocenters. The Morgan fingerprint density at radius 1 is 0.968 bits per heavy atom. The Labute approximate surface area is 179 Å². The van der Waals surface area contributed by atoms with Gasteiger partial charge in [-0.1, -0.05) is 6.42 Å². The predicted molar refractivity (Wildman–Crippen MR) is 111 cm³/mol. The van der Waals surface area contributed by atoms with Gasteiger partial charge in [0.1, 0.15) is 24.9 Å². The van der Waals surface area contributed by atoms with Gasteiger partial charge in [-0.15, -0.1) is 10.2 Å². The average molecular weight is 444 g/mol. The maximum Gasteiger partial charge on any atom is 0.262 e. The molecule has 2 aliphatic heterocycles. The number of aryl methyl sites for hydroxylation is 1. The Morgan fingerprint density at radius 2 is 1.81 bits per heavy atom. The van der Waals surface area contributed by atoms with Crippen molar-refractivity contribution in [2.24, 2.45) is 0 Å². The van der Waals surface area contributed by atoms with E-state index in [1.165, 1.54) is 30.3 Å². The molecule has 0 spiro atoms. The summed E-state index contributed by atoms with van der Waals surface area (Å²) in [5.74, 6) is 1.63. The third-order valence-electron chi connectivity index (χ3n) is 5.39. The number of rotatable bonds is 4. The molecule has 1 N–H and O–H groups in total. The van der Waals surface area contributed by atoms with E-state index < -0.39 is 15.8 Å². The summed E-state index contributed by atoms with van der Waals surface area (Å²) in [5.41, 5.74) is 0.445. The van der Waals surface area contributed by atoms with E-state index in [9.17, 15) is 12.8 Å². The number of ether oxygens (including phenoxy) is 2. The van der Waals surface area contributed by atoms with Gasteiger partial charge in [0.15, 0.2) is 17.3 Å². The van der Waals surface area contributed by atoms with Gasteiger partial charge in [-0.05, 0) is 43.2 Å². The minimum absolute atomic E-state index is 0.0268. The highest BCUT2D eigenvalue weighted by molar-refractivity contribution is 7.92. The van der Waals surface area contributed by atoms with Crippen molar-refractivity contribution in [2.75, 3.05) is 17.9 Å². The first-order chi connectivity index (χ1) is 15.0. The Hall–Kier alpha value is -3.14. The fourth-order valence-electron chi connectivity index (χ4n) is 3.85. The van der Waals surface area contributed by atoms with E-state index in [1.54, 1.807) is 6.07 Å². The van der Waals surface area contributed by atoms with E-state index in [1.807, 2.05) is 4.57 Å². The van der Waals surface area contributed by atoms with Crippen molar-refractivity contribution in [3.63, 3.8) is 0 Å². The summed E-state index contributed by atoms with van der Waals surface area (Å²) in [5, 5.41) is 8.39. The number of benzene rings is 2. The fraction of sp³-hybridized carbons (Fsp3) is 0.333. The summed E-state index contributed by atoms with van der Waals surface area (Å²) < 4.78 is 55.8. The van der Waals surface area contributed by atoms with Crippen LogP contribution in [0.3, 0.4) is 0 Å². The molecule has 0 radical (unpaired) electrons. The van der Waals surface area contributed by atoms with Gasteiger partial charge in [0.05, 0.1) is 10.5 Å². The quantitative estimate of drug-likeness (QED) is 0.663. The van der Waals surface area contributed by atoms with E-state index in [0.717, 1.165) is 31.5 Å². The minimum Gasteiger partial charge on any atom is -0.486 e. The second-order valence-electron chi connectivity index (χ2n) is 7.51. The molecule has 31 heavy (non-hydrogen) atoms. The van der Waals surface area contributed by atoms with E-state index in [-0.39, 0.29) is 16.1 Å². The molecule has 0 fully saturated rings. The zero-order valence-corrected chi connectivity index (χ0v) is 17.5. The predicted octanol–water partition coefficient (Wildman–Crippen LogP) is 3.38. The molecule has 3 heterocycles. The average Bonchev–Trinajstić information content (AvgIpc) is 3.02. The largest absolute Gasteiger partial charge is 0.486 e. The summed E-state index contributed by atoms with van der Waals surface area (Å²) >= 11 is 0. The van der Waals surface area contributed by atoms with Gasteiger partial charge >= 0.3 is 0 Å². The van der Waals surface area contributed by atoms with Gasteiger partial charge in [-0.25, -0.2) is 12.8 Å². The van der Waals surface area contributed by atoms with Crippen LogP contribution in [-0.2, 0) is 23.0 Å². The second-order valence-corrected chi connectivity index (χ2v) is 9.19. The van der Waals surface area contributed by atoms with E-state index >= 15 is 0 Å². The van der Waals surface area contributed by atoms with Crippen LogP contribution in [0.4, 0.5) is 10.1 Å². The van der Waals surface area contributed by atoms with Crippen LogP contribution in [0.5, 0.6) is 11.5 Å². The molecule has 2 aliphatic rings. The zero-order chi connectivity index (χ0) is 21.4. The molecular formula is C21H21FN4O4S. The van der Waals surface area contributed by atoms with Crippen LogP contribution >= 0.6 is 0 Å². The van der Waals surface area contributed by atoms with Crippen molar-refractivity contribution in [1.29, 1.82) is 0 Å². The number of fused-ring (bicyclic) bond motifs is 2. The molecule has 8 nitrogen and oxygen atoms in total. The van der Waals surface area contributed by atoms with Gasteiger partial charge in [0, 0.05) is 24.7 Å². The lowest BCUT2D eigenvalue weighted by molar-refractivity contribution is 0.171. The lowest BCUT2D eigenvalue weighted by atomic mass is 10.1. The highest BCUT2D eigenvalue weighted by Crippen LogP contribution is 2.33. The molecule has 0 amide bonds. The molecule has 0 saturated carbocycles. The standard InChI is InChI=1S/C21H21FN4O4S/c22-17-7-5-14(12-16(17)21-24-23-20-4-2-1-3-9-26(20)21)25-31(27,28)15-6-8-18-19(13-15)30-11-10-29-18/h5-8,12-13,25H,1-4,9-11H2. The Balaban J connectivity index is 1.46. The van der Waals surface area contributed by atoms with E-state index in [0.29, 0.717) is 37.1 Å². The van der Waals surface area contributed by atoms with Gasteiger partial charge < -0.3 is 14.0 Å². The number of nitrogens with zero attached hydrogens (tertiary/aromatic N) is 3. The normalized spacial score (nSPS) is 15.8. The first-order valence-corrected chi connectivity index (χ1v) is 11.6. The van der Waals surface area contributed by atoms with E-state index in [4.69, 9.17) is 9.47 Å². The molecule has 2 aromatic carbocycles. The number of hydrogen-bond donors (Lipinski definition) is 1. The SMILES string of the molecule is O=S(=O)(Nc1ccc(F)c(-c2nnc3n2CCCCC3)c1)c1ccc2c(c1)OCCO2. The monoisotopic (exact) mass is 444 g/mol. The Bertz CT molecular complexity index is 1240. The Kier molecular flexibility index (Phi) is 5.01. The lowest BCUT2D eigenvalue weighted by Gasteiger charge is -2.19. The fourth-order valence-corrected chi connectivity index (χ4v) is 4.91. The number of sulfonamides is 1. The highest BCUT2D eigenvalue weighted by atomic mass is 32.2. The molecule has 3 aromatic rings. The number of anilines is 1. The first kappa shape index (κ1) is 19.8. The van der Waals surface area contributed by atoms with Crippen molar-refractivity contribution in [3.8, 4) is 22.9 Å². The maximum atomic E-state index is 14.7.